The molecule has 0 aliphatic heterocycles. The lowest BCUT2D eigenvalue weighted by molar-refractivity contribution is 0.687. The van der Waals surface area contributed by atoms with Crippen molar-refractivity contribution in [2.75, 3.05) is 0 Å². The van der Waals surface area contributed by atoms with Crippen LogP contribution in [0.2, 0.25) is 5.28 Å². The van der Waals surface area contributed by atoms with E-state index in [0.717, 1.165) is 23.9 Å². The lowest BCUT2D eigenvalue weighted by Crippen LogP contribution is -2.05. The maximum Gasteiger partial charge on any atom is 0.243 e. The minimum absolute atomic E-state index is 0.221. The molecule has 1 aliphatic rings. The summed E-state index contributed by atoms with van der Waals surface area (Å²) >= 11 is 5.72. The molecule has 0 atom stereocenters. The first-order valence-electron chi connectivity index (χ1n) is 5.15. The quantitative estimate of drug-likeness (QED) is 0.684. The minimum Gasteiger partial charge on any atom is -0.215 e. The van der Waals surface area contributed by atoms with E-state index in [1.54, 1.807) is 0 Å². The number of halogens is 1. The van der Waals surface area contributed by atoms with Gasteiger partial charge in [-0.2, -0.15) is 0 Å². The maximum atomic E-state index is 5.72. The number of fused-ring (bicyclic) bond motifs is 3. The number of aromatic nitrogens is 3. The first-order chi connectivity index (χ1) is 7.34. The average Bonchev–Trinajstić information content (AvgIpc) is 2.28. The minimum atomic E-state index is 0.221. The molecule has 15 heavy (non-hydrogen) atoms. The van der Waals surface area contributed by atoms with Gasteiger partial charge < -0.3 is 0 Å². The number of benzene rings is 1. The third-order valence-corrected chi connectivity index (χ3v) is 3.09. The molecule has 76 valence electrons. The van der Waals surface area contributed by atoms with Crippen molar-refractivity contribution >= 4 is 22.6 Å². The van der Waals surface area contributed by atoms with E-state index in [9.17, 15) is 0 Å². The lowest BCUT2D eigenvalue weighted by Gasteiger charge is -2.16. The molecule has 0 unspecified atom stereocenters. The zero-order valence-corrected chi connectivity index (χ0v) is 8.96. The summed E-state index contributed by atoms with van der Waals surface area (Å²) in [6.45, 7) is 0. The van der Waals surface area contributed by atoms with Gasteiger partial charge in [-0.1, -0.05) is 6.07 Å². The summed E-state index contributed by atoms with van der Waals surface area (Å²) in [5, 5.41) is 8.19. The van der Waals surface area contributed by atoms with Crippen molar-refractivity contribution in [3.8, 4) is 0 Å². The summed E-state index contributed by atoms with van der Waals surface area (Å²) in [6, 6.07) is 4.13. The average molecular weight is 220 g/mol. The summed E-state index contributed by atoms with van der Waals surface area (Å²) in [5.74, 6) is 0. The Labute approximate surface area is 92.5 Å². The molecule has 1 aliphatic carbocycles. The summed E-state index contributed by atoms with van der Waals surface area (Å²) in [5.41, 5.74) is 4.50. The third kappa shape index (κ3) is 1.47. The van der Waals surface area contributed by atoms with Gasteiger partial charge in [-0.05, 0) is 54.5 Å². The van der Waals surface area contributed by atoms with Crippen LogP contribution in [0.15, 0.2) is 12.1 Å². The third-order valence-electron chi connectivity index (χ3n) is 2.93. The fraction of sp³-hybridized carbons (Fsp3) is 0.364. The Morgan fingerprint density at radius 2 is 1.93 bits per heavy atom. The lowest BCUT2D eigenvalue weighted by atomic mass is 9.91. The summed E-state index contributed by atoms with van der Waals surface area (Å²) in [6.07, 6.45) is 4.74. The van der Waals surface area contributed by atoms with Gasteiger partial charge in [0.05, 0.1) is 5.52 Å². The van der Waals surface area contributed by atoms with Gasteiger partial charge in [-0.3, -0.25) is 0 Å². The Morgan fingerprint density at radius 1 is 1.07 bits per heavy atom. The molecule has 0 fully saturated rings. The monoisotopic (exact) mass is 219 g/mol. The van der Waals surface area contributed by atoms with Crippen LogP contribution >= 0.6 is 11.6 Å². The fourth-order valence-electron chi connectivity index (χ4n) is 2.21. The van der Waals surface area contributed by atoms with Gasteiger partial charge >= 0.3 is 0 Å². The van der Waals surface area contributed by atoms with Crippen LogP contribution in [0, 0.1) is 0 Å². The molecule has 0 saturated carbocycles. The standard InChI is InChI=1S/C11H10ClN3/c12-11-13-9-6-5-7-3-1-2-4-8(7)10(9)14-15-11/h5-6H,1-4H2. The van der Waals surface area contributed by atoms with Crippen molar-refractivity contribution in [3.05, 3.63) is 28.5 Å². The number of rotatable bonds is 0. The van der Waals surface area contributed by atoms with Gasteiger partial charge in [0, 0.05) is 0 Å². The molecule has 0 bridgehead atoms. The molecule has 1 aromatic heterocycles. The predicted octanol–water partition coefficient (Wildman–Crippen LogP) is 2.56. The van der Waals surface area contributed by atoms with Crippen LogP contribution in [-0.4, -0.2) is 15.2 Å². The molecule has 0 amide bonds. The van der Waals surface area contributed by atoms with Crippen LogP contribution in [0.4, 0.5) is 0 Å². The molecule has 0 spiro atoms. The molecular formula is C11H10ClN3. The van der Waals surface area contributed by atoms with Crippen molar-refractivity contribution in [2.24, 2.45) is 0 Å². The SMILES string of the molecule is Clc1nnc2c3c(ccc2n1)CCCC3. The zero-order chi connectivity index (χ0) is 10.3. The second kappa shape index (κ2) is 3.42. The van der Waals surface area contributed by atoms with E-state index in [1.807, 2.05) is 6.07 Å². The van der Waals surface area contributed by atoms with Crippen LogP contribution in [0.1, 0.15) is 24.0 Å². The number of nitrogens with zero attached hydrogens (tertiary/aromatic N) is 3. The fourth-order valence-corrected chi connectivity index (χ4v) is 2.34. The van der Waals surface area contributed by atoms with Gasteiger partial charge in [0.25, 0.3) is 0 Å². The molecule has 3 rings (SSSR count). The highest BCUT2D eigenvalue weighted by Gasteiger charge is 2.14. The molecule has 0 radical (unpaired) electrons. The van der Waals surface area contributed by atoms with Gasteiger partial charge in [0.2, 0.25) is 5.28 Å². The van der Waals surface area contributed by atoms with Crippen molar-refractivity contribution in [2.45, 2.75) is 25.7 Å². The van der Waals surface area contributed by atoms with E-state index >= 15 is 0 Å². The Bertz CT molecular complexity index is 524. The molecule has 1 heterocycles. The van der Waals surface area contributed by atoms with E-state index in [4.69, 9.17) is 11.6 Å². The first kappa shape index (κ1) is 9.04. The highest BCUT2D eigenvalue weighted by atomic mass is 35.5. The summed E-state index contributed by atoms with van der Waals surface area (Å²) < 4.78 is 0. The first-order valence-corrected chi connectivity index (χ1v) is 5.53. The second-order valence-electron chi connectivity index (χ2n) is 3.86. The number of aryl methyl sites for hydroxylation is 2. The summed E-state index contributed by atoms with van der Waals surface area (Å²) in [7, 11) is 0. The Balaban J connectivity index is 2.32. The predicted molar refractivity (Wildman–Crippen MR) is 59.0 cm³/mol. The van der Waals surface area contributed by atoms with Gasteiger partial charge in [0.15, 0.2) is 0 Å². The number of hydrogen-bond donors (Lipinski definition) is 0. The van der Waals surface area contributed by atoms with Crippen LogP contribution < -0.4 is 0 Å². The number of hydrogen-bond acceptors (Lipinski definition) is 3. The topological polar surface area (TPSA) is 38.7 Å². The van der Waals surface area contributed by atoms with E-state index < -0.39 is 0 Å². The Kier molecular flexibility index (Phi) is 2.06. The van der Waals surface area contributed by atoms with Gasteiger partial charge in [-0.15, -0.1) is 10.2 Å². The highest BCUT2D eigenvalue weighted by Crippen LogP contribution is 2.26. The van der Waals surface area contributed by atoms with Crippen LogP contribution in [0.3, 0.4) is 0 Å². The molecule has 1 aromatic carbocycles. The largest absolute Gasteiger partial charge is 0.243 e. The molecular weight excluding hydrogens is 210 g/mol. The van der Waals surface area contributed by atoms with Crippen molar-refractivity contribution in [1.29, 1.82) is 0 Å². The normalized spacial score (nSPS) is 15.3. The zero-order valence-electron chi connectivity index (χ0n) is 8.20. The van der Waals surface area contributed by atoms with Crippen molar-refractivity contribution < 1.29 is 0 Å². The maximum absolute atomic E-state index is 5.72. The smallest absolute Gasteiger partial charge is 0.215 e. The van der Waals surface area contributed by atoms with Crippen molar-refractivity contribution in [3.63, 3.8) is 0 Å². The van der Waals surface area contributed by atoms with E-state index in [2.05, 4.69) is 21.2 Å². The molecule has 0 N–H and O–H groups in total. The second-order valence-corrected chi connectivity index (χ2v) is 4.20. The van der Waals surface area contributed by atoms with Crippen LogP contribution in [0.25, 0.3) is 11.0 Å². The van der Waals surface area contributed by atoms with E-state index in [1.165, 1.54) is 24.0 Å². The molecule has 4 heteroatoms. The Morgan fingerprint density at radius 3 is 2.87 bits per heavy atom. The molecule has 0 saturated heterocycles. The van der Waals surface area contributed by atoms with Gasteiger partial charge in [-0.25, -0.2) is 4.98 Å². The summed E-state index contributed by atoms with van der Waals surface area (Å²) in [4.78, 5) is 4.18. The Hall–Kier alpha value is -1.22. The van der Waals surface area contributed by atoms with Gasteiger partial charge in [0.1, 0.15) is 5.52 Å². The van der Waals surface area contributed by atoms with Crippen LogP contribution in [-0.2, 0) is 12.8 Å². The molecule has 2 aromatic rings. The van der Waals surface area contributed by atoms with E-state index in [0.29, 0.717) is 0 Å². The van der Waals surface area contributed by atoms with E-state index in [-0.39, 0.29) is 5.28 Å². The highest BCUT2D eigenvalue weighted by molar-refractivity contribution is 6.28. The molecule has 3 nitrogen and oxygen atoms in total. The van der Waals surface area contributed by atoms with Crippen LogP contribution in [0.5, 0.6) is 0 Å². The van der Waals surface area contributed by atoms with Crippen molar-refractivity contribution in [1.82, 2.24) is 15.2 Å².